The van der Waals surface area contributed by atoms with Crippen LogP contribution in [0.1, 0.15) is 30.1 Å². The summed E-state index contributed by atoms with van der Waals surface area (Å²) in [5.41, 5.74) is 2.36. The van der Waals surface area contributed by atoms with Crippen LogP contribution < -0.4 is 5.32 Å². The summed E-state index contributed by atoms with van der Waals surface area (Å²) in [7, 11) is 1.56. The predicted molar refractivity (Wildman–Crippen MR) is 88.1 cm³/mol. The summed E-state index contributed by atoms with van der Waals surface area (Å²) in [5, 5.41) is 7.75. The Morgan fingerprint density at radius 3 is 3.12 bits per heavy atom. The minimum absolute atomic E-state index is 0.0265. The Kier molecular flexibility index (Phi) is 5.22. The van der Waals surface area contributed by atoms with Gasteiger partial charge in [-0.1, -0.05) is 23.4 Å². The average Bonchev–Trinajstić information content (AvgIpc) is 3.21. The lowest BCUT2D eigenvalue weighted by Gasteiger charge is -2.02. The molecule has 0 spiro atoms. The SMILES string of the molecule is COCc1noc(CNC(=O)CCCc2c[nH]c3ccccc23)n1. The lowest BCUT2D eigenvalue weighted by Crippen LogP contribution is -2.22. The largest absolute Gasteiger partial charge is 0.377 e. The first-order valence-corrected chi connectivity index (χ1v) is 7.88. The van der Waals surface area contributed by atoms with Crippen molar-refractivity contribution in [3.05, 3.63) is 47.7 Å². The van der Waals surface area contributed by atoms with E-state index in [1.165, 1.54) is 10.9 Å². The van der Waals surface area contributed by atoms with Gasteiger partial charge in [0.05, 0.1) is 6.54 Å². The van der Waals surface area contributed by atoms with E-state index in [4.69, 9.17) is 9.26 Å². The average molecular weight is 328 g/mol. The van der Waals surface area contributed by atoms with E-state index in [-0.39, 0.29) is 12.5 Å². The number of ether oxygens (including phenoxy) is 1. The molecule has 0 fully saturated rings. The Balaban J connectivity index is 1.42. The third kappa shape index (κ3) is 3.99. The van der Waals surface area contributed by atoms with Crippen LogP contribution in [-0.2, 0) is 29.1 Å². The molecule has 0 radical (unpaired) electrons. The van der Waals surface area contributed by atoms with Gasteiger partial charge in [-0.2, -0.15) is 4.98 Å². The van der Waals surface area contributed by atoms with E-state index in [2.05, 4.69) is 26.5 Å². The molecule has 3 rings (SSSR count). The highest BCUT2D eigenvalue weighted by Crippen LogP contribution is 2.19. The van der Waals surface area contributed by atoms with Crippen molar-refractivity contribution in [3.8, 4) is 0 Å². The number of aromatic amines is 1. The highest BCUT2D eigenvalue weighted by atomic mass is 16.5. The zero-order valence-electron chi connectivity index (χ0n) is 13.5. The zero-order valence-corrected chi connectivity index (χ0v) is 13.5. The molecule has 1 amide bonds. The van der Waals surface area contributed by atoms with Gasteiger partial charge in [-0.25, -0.2) is 0 Å². The highest BCUT2D eigenvalue weighted by molar-refractivity contribution is 5.83. The first-order valence-electron chi connectivity index (χ1n) is 7.88. The van der Waals surface area contributed by atoms with E-state index < -0.39 is 0 Å². The molecule has 0 saturated heterocycles. The molecule has 2 aromatic heterocycles. The molecule has 0 aliphatic heterocycles. The van der Waals surface area contributed by atoms with Crippen LogP contribution in [0.2, 0.25) is 0 Å². The van der Waals surface area contributed by atoms with Gasteiger partial charge in [0.1, 0.15) is 6.61 Å². The molecule has 1 aromatic carbocycles. The topological polar surface area (TPSA) is 93.0 Å². The van der Waals surface area contributed by atoms with Crippen LogP contribution >= 0.6 is 0 Å². The highest BCUT2D eigenvalue weighted by Gasteiger charge is 2.09. The number of nitrogens with one attached hydrogen (secondary N) is 2. The van der Waals surface area contributed by atoms with E-state index in [0.29, 0.717) is 24.7 Å². The quantitative estimate of drug-likeness (QED) is 0.662. The van der Waals surface area contributed by atoms with Crippen molar-refractivity contribution in [2.45, 2.75) is 32.4 Å². The summed E-state index contributed by atoms with van der Waals surface area (Å²) in [6, 6.07) is 8.17. The molecule has 0 saturated carbocycles. The predicted octanol–water partition coefficient (Wildman–Crippen LogP) is 2.34. The van der Waals surface area contributed by atoms with Crippen molar-refractivity contribution in [1.29, 1.82) is 0 Å². The lowest BCUT2D eigenvalue weighted by atomic mass is 10.1. The molecule has 0 aliphatic rings. The van der Waals surface area contributed by atoms with E-state index in [1.54, 1.807) is 7.11 Å². The fraction of sp³-hybridized carbons (Fsp3) is 0.353. The number of H-pyrrole nitrogens is 1. The first kappa shape index (κ1) is 16.2. The molecule has 2 heterocycles. The molecular formula is C17H20N4O3. The van der Waals surface area contributed by atoms with Gasteiger partial charge >= 0.3 is 0 Å². The van der Waals surface area contributed by atoms with Crippen LogP contribution in [0.3, 0.4) is 0 Å². The second-order valence-corrected chi connectivity index (χ2v) is 5.53. The number of carbonyl (C=O) groups excluding carboxylic acids is 1. The summed E-state index contributed by atoms with van der Waals surface area (Å²) in [6.45, 7) is 0.532. The number of aromatic nitrogens is 3. The molecule has 7 heteroatoms. The van der Waals surface area contributed by atoms with E-state index >= 15 is 0 Å². The van der Waals surface area contributed by atoms with Gasteiger partial charge in [-0.15, -0.1) is 0 Å². The molecule has 7 nitrogen and oxygen atoms in total. The van der Waals surface area contributed by atoms with Crippen molar-refractivity contribution in [2.75, 3.05) is 7.11 Å². The molecule has 24 heavy (non-hydrogen) atoms. The Morgan fingerprint density at radius 1 is 1.38 bits per heavy atom. The lowest BCUT2D eigenvalue weighted by molar-refractivity contribution is -0.121. The second kappa shape index (κ2) is 7.74. The molecule has 2 N–H and O–H groups in total. The number of rotatable bonds is 8. The van der Waals surface area contributed by atoms with Crippen LogP contribution in [0, 0.1) is 0 Å². The molecule has 0 unspecified atom stereocenters. The van der Waals surface area contributed by atoms with Gasteiger partial charge in [0.25, 0.3) is 0 Å². The fourth-order valence-electron chi connectivity index (χ4n) is 2.59. The summed E-state index contributed by atoms with van der Waals surface area (Å²) < 4.78 is 9.93. The Bertz CT molecular complexity index is 809. The fourth-order valence-corrected chi connectivity index (χ4v) is 2.59. The Hall–Kier alpha value is -2.67. The van der Waals surface area contributed by atoms with E-state index in [0.717, 1.165) is 18.4 Å². The van der Waals surface area contributed by atoms with Crippen LogP contribution in [0.25, 0.3) is 10.9 Å². The summed E-state index contributed by atoms with van der Waals surface area (Å²) in [5.74, 6) is 0.828. The number of benzene rings is 1. The van der Waals surface area contributed by atoms with Crippen LogP contribution in [0.15, 0.2) is 35.0 Å². The minimum Gasteiger partial charge on any atom is -0.377 e. The van der Waals surface area contributed by atoms with Crippen LogP contribution in [0.5, 0.6) is 0 Å². The number of carbonyl (C=O) groups is 1. The molecule has 3 aromatic rings. The number of methoxy groups -OCH3 is 1. The number of hydrogen-bond acceptors (Lipinski definition) is 5. The molecule has 0 bridgehead atoms. The normalized spacial score (nSPS) is 11.0. The number of amides is 1. The Morgan fingerprint density at radius 2 is 2.25 bits per heavy atom. The zero-order chi connectivity index (χ0) is 16.8. The molecule has 0 atom stereocenters. The number of aryl methyl sites for hydroxylation is 1. The monoisotopic (exact) mass is 328 g/mol. The van der Waals surface area contributed by atoms with Crippen molar-refractivity contribution >= 4 is 16.8 Å². The standard InChI is InChI=1S/C17H20N4O3/c1-23-11-15-20-17(24-21-15)10-19-16(22)8-4-5-12-9-18-14-7-3-2-6-13(12)14/h2-3,6-7,9,18H,4-5,8,10-11H2,1H3,(H,19,22). The van der Waals surface area contributed by atoms with Crippen LogP contribution in [-0.4, -0.2) is 28.1 Å². The summed E-state index contributed by atoms with van der Waals surface area (Å²) in [4.78, 5) is 19.3. The van der Waals surface area contributed by atoms with Crippen molar-refractivity contribution in [1.82, 2.24) is 20.4 Å². The second-order valence-electron chi connectivity index (χ2n) is 5.53. The maximum Gasteiger partial charge on any atom is 0.246 e. The maximum absolute atomic E-state index is 11.9. The van der Waals surface area contributed by atoms with Gasteiger partial charge in [0.15, 0.2) is 5.82 Å². The Labute approximate surface area is 139 Å². The number of hydrogen-bond donors (Lipinski definition) is 2. The van der Waals surface area contributed by atoms with E-state index in [1.807, 2.05) is 24.4 Å². The van der Waals surface area contributed by atoms with Gasteiger partial charge in [-0.05, 0) is 24.5 Å². The van der Waals surface area contributed by atoms with Gasteiger partial charge in [-0.3, -0.25) is 4.79 Å². The molecule has 126 valence electrons. The maximum atomic E-state index is 11.9. The van der Waals surface area contributed by atoms with Crippen molar-refractivity contribution in [2.24, 2.45) is 0 Å². The van der Waals surface area contributed by atoms with Gasteiger partial charge < -0.3 is 19.6 Å². The third-order valence-corrected chi connectivity index (χ3v) is 3.75. The van der Waals surface area contributed by atoms with Crippen molar-refractivity contribution < 1.29 is 14.1 Å². The molecular weight excluding hydrogens is 308 g/mol. The third-order valence-electron chi connectivity index (χ3n) is 3.75. The van der Waals surface area contributed by atoms with Gasteiger partial charge in [0, 0.05) is 30.6 Å². The summed E-state index contributed by atoms with van der Waals surface area (Å²) >= 11 is 0. The smallest absolute Gasteiger partial charge is 0.246 e. The van der Waals surface area contributed by atoms with Crippen molar-refractivity contribution in [3.63, 3.8) is 0 Å². The minimum atomic E-state index is -0.0265. The van der Waals surface area contributed by atoms with Crippen LogP contribution in [0.4, 0.5) is 0 Å². The number of para-hydroxylation sites is 1. The molecule has 0 aliphatic carbocycles. The van der Waals surface area contributed by atoms with E-state index in [9.17, 15) is 4.79 Å². The first-order chi connectivity index (χ1) is 11.8. The van der Waals surface area contributed by atoms with Gasteiger partial charge in [0.2, 0.25) is 11.8 Å². The number of nitrogens with zero attached hydrogens (tertiary/aromatic N) is 2. The summed E-state index contributed by atoms with van der Waals surface area (Å²) in [6.07, 6.45) is 4.11. The number of fused-ring (bicyclic) bond motifs is 1.